The molecule has 3 heterocycles. The summed E-state index contributed by atoms with van der Waals surface area (Å²) < 4.78 is 13.0. The van der Waals surface area contributed by atoms with Crippen LogP contribution in [0.4, 0.5) is 20.7 Å². The van der Waals surface area contributed by atoms with Crippen LogP contribution in [0.2, 0.25) is 5.02 Å². The zero-order valence-corrected chi connectivity index (χ0v) is 15.3. The Bertz CT molecular complexity index is 882. The van der Waals surface area contributed by atoms with E-state index in [1.165, 1.54) is 12.3 Å². The van der Waals surface area contributed by atoms with Gasteiger partial charge in [0.15, 0.2) is 5.78 Å². The number of hydrogen-bond donors (Lipinski definition) is 0. The minimum Gasteiger partial charge on any atom is -0.353 e. The number of benzene rings is 1. The number of urea groups is 1. The molecule has 0 atom stereocenters. The number of amides is 2. The number of anilines is 2. The van der Waals surface area contributed by atoms with Crippen LogP contribution < -0.4 is 9.80 Å². The Morgan fingerprint density at radius 1 is 1.07 bits per heavy atom. The molecule has 0 aliphatic carbocycles. The van der Waals surface area contributed by atoms with Crippen molar-refractivity contribution in [1.82, 2.24) is 9.88 Å². The lowest BCUT2D eigenvalue weighted by atomic mass is 10.0. The first-order valence-electron chi connectivity index (χ1n) is 8.78. The highest BCUT2D eigenvalue weighted by molar-refractivity contribution is 6.31. The van der Waals surface area contributed by atoms with Crippen LogP contribution in [-0.2, 0) is 0 Å². The van der Waals surface area contributed by atoms with Gasteiger partial charge in [0.05, 0.1) is 11.9 Å². The highest BCUT2D eigenvalue weighted by atomic mass is 35.5. The maximum atomic E-state index is 13.0. The summed E-state index contributed by atoms with van der Waals surface area (Å²) in [4.78, 5) is 34.7. The molecule has 4 rings (SSSR count). The Morgan fingerprint density at radius 3 is 2.56 bits per heavy atom. The number of nitrogens with zero attached hydrogens (tertiary/aromatic N) is 4. The summed E-state index contributed by atoms with van der Waals surface area (Å²) in [6.45, 7) is 2.66. The molecule has 140 valence electrons. The second-order valence-corrected chi connectivity index (χ2v) is 7.01. The number of ketones is 1. The lowest BCUT2D eigenvalue weighted by Gasteiger charge is -2.39. The average molecular weight is 389 g/mol. The Morgan fingerprint density at radius 2 is 1.85 bits per heavy atom. The molecule has 0 unspecified atom stereocenters. The molecule has 2 aromatic rings. The fourth-order valence-electron chi connectivity index (χ4n) is 3.49. The third-order valence-corrected chi connectivity index (χ3v) is 5.16. The highest BCUT2D eigenvalue weighted by Crippen LogP contribution is 2.30. The average Bonchev–Trinajstić information content (AvgIpc) is 2.69. The Balaban J connectivity index is 1.46. The Labute approximate surface area is 161 Å². The van der Waals surface area contributed by atoms with Crippen LogP contribution in [-0.4, -0.2) is 54.4 Å². The van der Waals surface area contributed by atoms with Crippen molar-refractivity contribution in [1.29, 1.82) is 0 Å². The number of halogens is 2. The van der Waals surface area contributed by atoms with Gasteiger partial charge in [0.1, 0.15) is 11.6 Å². The van der Waals surface area contributed by atoms with Gasteiger partial charge in [0, 0.05) is 49.7 Å². The smallest absolute Gasteiger partial charge is 0.324 e. The van der Waals surface area contributed by atoms with E-state index >= 15 is 0 Å². The Kier molecular flexibility index (Phi) is 4.70. The molecule has 8 heteroatoms. The molecule has 27 heavy (non-hydrogen) atoms. The van der Waals surface area contributed by atoms with Gasteiger partial charge in [0.2, 0.25) is 0 Å². The van der Waals surface area contributed by atoms with Gasteiger partial charge in [-0.3, -0.25) is 9.69 Å². The van der Waals surface area contributed by atoms with Crippen molar-refractivity contribution in [2.75, 3.05) is 42.5 Å². The van der Waals surface area contributed by atoms with Gasteiger partial charge < -0.3 is 9.80 Å². The van der Waals surface area contributed by atoms with Gasteiger partial charge in [-0.15, -0.1) is 0 Å². The first kappa shape index (κ1) is 17.7. The molecule has 1 saturated heterocycles. The van der Waals surface area contributed by atoms with Crippen LogP contribution in [0.15, 0.2) is 36.5 Å². The van der Waals surface area contributed by atoms with E-state index in [1.54, 1.807) is 34.1 Å². The number of carbonyl (C=O) groups is 2. The molecule has 1 fully saturated rings. The van der Waals surface area contributed by atoms with E-state index in [4.69, 9.17) is 11.6 Å². The van der Waals surface area contributed by atoms with E-state index in [0.29, 0.717) is 61.2 Å². The van der Waals surface area contributed by atoms with Crippen LogP contribution in [0.1, 0.15) is 16.8 Å². The second-order valence-electron chi connectivity index (χ2n) is 6.58. The van der Waals surface area contributed by atoms with Crippen LogP contribution in [0.5, 0.6) is 0 Å². The van der Waals surface area contributed by atoms with Crippen molar-refractivity contribution in [3.63, 3.8) is 0 Å². The Hall–Kier alpha value is -2.67. The molecule has 6 nitrogen and oxygen atoms in total. The predicted octanol–water partition coefficient (Wildman–Crippen LogP) is 3.21. The fourth-order valence-corrected chi connectivity index (χ4v) is 3.66. The predicted molar refractivity (Wildman–Crippen MR) is 101 cm³/mol. The maximum Gasteiger partial charge on any atom is 0.324 e. The van der Waals surface area contributed by atoms with Gasteiger partial charge in [0.25, 0.3) is 0 Å². The summed E-state index contributed by atoms with van der Waals surface area (Å²) >= 11 is 6.00. The van der Waals surface area contributed by atoms with E-state index in [1.807, 2.05) is 4.90 Å². The molecule has 2 aliphatic rings. The summed E-state index contributed by atoms with van der Waals surface area (Å²) in [7, 11) is 0. The molecule has 0 saturated carbocycles. The zero-order chi connectivity index (χ0) is 19.0. The molecular weight excluding hydrogens is 371 g/mol. The summed E-state index contributed by atoms with van der Waals surface area (Å²) in [6, 6.07) is 7.95. The van der Waals surface area contributed by atoms with E-state index in [9.17, 15) is 14.0 Å². The molecule has 1 aromatic carbocycles. The number of Topliss-reactive ketones (excluding diaryl/α,β-unsaturated/α-hetero) is 1. The first-order chi connectivity index (χ1) is 13.0. The monoisotopic (exact) mass is 388 g/mol. The molecule has 0 bridgehead atoms. The molecule has 0 radical (unpaired) electrons. The lowest BCUT2D eigenvalue weighted by Crippen LogP contribution is -2.54. The molecule has 0 N–H and O–H groups in total. The standard InChI is InChI=1S/C19H18ClFN4O2/c20-13-1-3-16-15(11-13)17(26)5-6-25(16)19(27)24-9-7-23(8-10-24)18-4-2-14(21)12-22-18/h1-4,11-12H,5-10H2. The van der Waals surface area contributed by atoms with Gasteiger partial charge in [-0.05, 0) is 30.3 Å². The topological polar surface area (TPSA) is 56.8 Å². The SMILES string of the molecule is O=C1CCN(C(=O)N2CCN(c3ccc(F)cn3)CC2)c2ccc(Cl)cc21. The van der Waals surface area contributed by atoms with E-state index in [2.05, 4.69) is 4.98 Å². The molecule has 2 amide bonds. The molecule has 1 aromatic heterocycles. The number of piperazine rings is 1. The highest BCUT2D eigenvalue weighted by Gasteiger charge is 2.32. The summed E-state index contributed by atoms with van der Waals surface area (Å²) in [5.74, 6) is 0.335. The number of aromatic nitrogens is 1. The first-order valence-corrected chi connectivity index (χ1v) is 9.16. The van der Waals surface area contributed by atoms with E-state index < -0.39 is 0 Å². The van der Waals surface area contributed by atoms with Gasteiger partial charge in [-0.25, -0.2) is 14.2 Å². The summed E-state index contributed by atoms with van der Waals surface area (Å²) in [6.07, 6.45) is 1.48. The van der Waals surface area contributed by atoms with Gasteiger partial charge >= 0.3 is 6.03 Å². The number of rotatable bonds is 1. The lowest BCUT2D eigenvalue weighted by molar-refractivity contribution is 0.0980. The second kappa shape index (κ2) is 7.15. The third kappa shape index (κ3) is 3.47. The largest absolute Gasteiger partial charge is 0.353 e. The van der Waals surface area contributed by atoms with Crippen LogP contribution in [0.3, 0.4) is 0 Å². The normalized spacial score (nSPS) is 17.1. The van der Waals surface area contributed by atoms with Gasteiger partial charge in [-0.2, -0.15) is 0 Å². The summed E-state index contributed by atoms with van der Waals surface area (Å²) in [5, 5.41) is 0.483. The number of pyridine rings is 1. The van der Waals surface area contributed by atoms with Crippen LogP contribution in [0, 0.1) is 5.82 Å². The van der Waals surface area contributed by atoms with Crippen molar-refractivity contribution < 1.29 is 14.0 Å². The minimum absolute atomic E-state index is 0.00348. The van der Waals surface area contributed by atoms with Crippen molar-refractivity contribution in [3.05, 3.63) is 52.9 Å². The van der Waals surface area contributed by atoms with Crippen LogP contribution in [0.25, 0.3) is 0 Å². The summed E-state index contributed by atoms with van der Waals surface area (Å²) in [5.41, 5.74) is 1.11. The number of carbonyl (C=O) groups excluding carboxylic acids is 2. The van der Waals surface area contributed by atoms with Crippen molar-refractivity contribution >= 4 is 34.9 Å². The van der Waals surface area contributed by atoms with Crippen molar-refractivity contribution in [2.24, 2.45) is 0 Å². The molecular formula is C19H18ClFN4O2. The molecule has 0 spiro atoms. The fraction of sp³-hybridized carbons (Fsp3) is 0.316. The zero-order valence-electron chi connectivity index (χ0n) is 14.6. The van der Waals surface area contributed by atoms with Crippen LogP contribution >= 0.6 is 11.6 Å². The van der Waals surface area contributed by atoms with Crippen molar-refractivity contribution in [3.8, 4) is 0 Å². The van der Waals surface area contributed by atoms with Gasteiger partial charge in [-0.1, -0.05) is 11.6 Å². The third-order valence-electron chi connectivity index (χ3n) is 4.93. The van der Waals surface area contributed by atoms with E-state index in [0.717, 1.165) is 0 Å². The minimum atomic E-state index is -0.369. The number of hydrogen-bond acceptors (Lipinski definition) is 4. The quantitative estimate of drug-likeness (QED) is 0.752. The van der Waals surface area contributed by atoms with E-state index in [-0.39, 0.29) is 17.6 Å². The molecule has 2 aliphatic heterocycles. The van der Waals surface area contributed by atoms with Crippen molar-refractivity contribution in [2.45, 2.75) is 6.42 Å². The number of fused-ring (bicyclic) bond motifs is 1. The maximum absolute atomic E-state index is 13.0.